The number of ether oxygens (including phenoxy) is 3. The zero-order chi connectivity index (χ0) is 21.6. The van der Waals surface area contributed by atoms with Gasteiger partial charge in [0.05, 0.1) is 0 Å². The van der Waals surface area contributed by atoms with Crippen LogP contribution in [0, 0.1) is 0 Å². The van der Waals surface area contributed by atoms with Gasteiger partial charge < -0.3 is 19.3 Å². The SMILES string of the molecule is CC[C@H](C)c1ccccc1OC[C@H](O)CN1CCN(Cc2ccc3c(c2)OCO3)CC1. The zero-order valence-corrected chi connectivity index (χ0v) is 18.6. The Labute approximate surface area is 185 Å². The Morgan fingerprint density at radius 3 is 2.55 bits per heavy atom. The summed E-state index contributed by atoms with van der Waals surface area (Å²) >= 11 is 0. The summed E-state index contributed by atoms with van der Waals surface area (Å²) in [4.78, 5) is 4.77. The van der Waals surface area contributed by atoms with Crippen LogP contribution in [0.25, 0.3) is 0 Å². The third-order valence-electron chi connectivity index (χ3n) is 6.27. The number of nitrogens with zero attached hydrogens (tertiary/aromatic N) is 2. The van der Waals surface area contributed by atoms with Crippen LogP contribution in [0.2, 0.25) is 0 Å². The van der Waals surface area contributed by atoms with E-state index >= 15 is 0 Å². The Morgan fingerprint density at radius 1 is 1.00 bits per heavy atom. The van der Waals surface area contributed by atoms with Gasteiger partial charge in [-0.1, -0.05) is 38.1 Å². The maximum atomic E-state index is 10.5. The maximum Gasteiger partial charge on any atom is 0.231 e. The number of aliphatic hydroxyl groups is 1. The molecule has 31 heavy (non-hydrogen) atoms. The molecule has 2 atom stereocenters. The summed E-state index contributed by atoms with van der Waals surface area (Å²) in [6.45, 7) is 10.4. The minimum absolute atomic E-state index is 0.312. The second kappa shape index (κ2) is 10.4. The average Bonchev–Trinajstić information content (AvgIpc) is 3.26. The van der Waals surface area contributed by atoms with Crippen molar-refractivity contribution < 1.29 is 19.3 Å². The number of piperazine rings is 1. The summed E-state index contributed by atoms with van der Waals surface area (Å²) in [5.41, 5.74) is 2.46. The Morgan fingerprint density at radius 2 is 1.74 bits per heavy atom. The molecular weight excluding hydrogens is 392 g/mol. The number of fused-ring (bicyclic) bond motifs is 1. The summed E-state index contributed by atoms with van der Waals surface area (Å²) in [6, 6.07) is 14.3. The molecule has 168 valence electrons. The van der Waals surface area contributed by atoms with Crippen molar-refractivity contribution in [2.45, 2.75) is 38.8 Å². The van der Waals surface area contributed by atoms with Crippen LogP contribution in [-0.4, -0.2) is 67.1 Å². The molecule has 2 aliphatic heterocycles. The van der Waals surface area contributed by atoms with E-state index < -0.39 is 6.10 Å². The summed E-state index contributed by atoms with van der Waals surface area (Å²) < 4.78 is 16.9. The van der Waals surface area contributed by atoms with E-state index in [0.29, 0.717) is 25.9 Å². The number of para-hydroxylation sites is 1. The molecule has 2 aromatic rings. The number of aliphatic hydroxyl groups excluding tert-OH is 1. The number of hydrogen-bond acceptors (Lipinski definition) is 6. The molecule has 0 bridgehead atoms. The number of hydrogen-bond donors (Lipinski definition) is 1. The molecule has 2 heterocycles. The predicted molar refractivity (Wildman–Crippen MR) is 121 cm³/mol. The second-order valence-corrected chi connectivity index (χ2v) is 8.58. The van der Waals surface area contributed by atoms with Crippen LogP contribution in [0.5, 0.6) is 17.2 Å². The lowest BCUT2D eigenvalue weighted by Crippen LogP contribution is -2.48. The highest BCUT2D eigenvalue weighted by atomic mass is 16.7. The smallest absolute Gasteiger partial charge is 0.231 e. The van der Waals surface area contributed by atoms with E-state index in [1.807, 2.05) is 24.3 Å². The van der Waals surface area contributed by atoms with Crippen LogP contribution >= 0.6 is 0 Å². The minimum atomic E-state index is -0.495. The number of benzene rings is 2. The summed E-state index contributed by atoms with van der Waals surface area (Å²) in [5, 5.41) is 10.5. The fourth-order valence-corrected chi connectivity index (χ4v) is 4.20. The minimum Gasteiger partial charge on any atom is -0.491 e. The molecule has 1 fully saturated rings. The lowest BCUT2D eigenvalue weighted by Gasteiger charge is -2.35. The first-order valence-electron chi connectivity index (χ1n) is 11.4. The predicted octanol–water partition coefficient (Wildman–Crippen LogP) is 3.49. The first-order valence-corrected chi connectivity index (χ1v) is 11.4. The first-order chi connectivity index (χ1) is 15.1. The van der Waals surface area contributed by atoms with Crippen LogP contribution < -0.4 is 14.2 Å². The van der Waals surface area contributed by atoms with Crippen molar-refractivity contribution in [3.8, 4) is 17.2 Å². The lowest BCUT2D eigenvalue weighted by molar-refractivity contribution is 0.0443. The molecule has 0 amide bonds. The Kier molecular flexibility index (Phi) is 7.33. The lowest BCUT2D eigenvalue weighted by atomic mass is 9.98. The van der Waals surface area contributed by atoms with Crippen LogP contribution in [0.15, 0.2) is 42.5 Å². The molecule has 6 heteroatoms. The summed E-state index contributed by atoms with van der Waals surface area (Å²) in [5.74, 6) is 3.02. The molecule has 1 saturated heterocycles. The largest absolute Gasteiger partial charge is 0.491 e. The van der Waals surface area contributed by atoms with Gasteiger partial charge in [-0.05, 0) is 41.7 Å². The Hall–Kier alpha value is -2.28. The highest BCUT2D eigenvalue weighted by molar-refractivity contribution is 5.44. The van der Waals surface area contributed by atoms with Gasteiger partial charge in [-0.15, -0.1) is 0 Å². The van der Waals surface area contributed by atoms with Gasteiger partial charge in [0.15, 0.2) is 11.5 Å². The van der Waals surface area contributed by atoms with Gasteiger partial charge in [0, 0.05) is 39.3 Å². The summed E-state index contributed by atoms with van der Waals surface area (Å²) in [6.07, 6.45) is 0.574. The molecule has 2 aromatic carbocycles. The molecule has 0 saturated carbocycles. The molecule has 0 aliphatic carbocycles. The van der Waals surface area contributed by atoms with E-state index in [0.717, 1.165) is 56.4 Å². The van der Waals surface area contributed by atoms with E-state index in [1.165, 1.54) is 11.1 Å². The Balaban J connectivity index is 1.20. The van der Waals surface area contributed by atoms with Crippen molar-refractivity contribution in [2.24, 2.45) is 0 Å². The molecule has 6 nitrogen and oxygen atoms in total. The Bertz CT molecular complexity index is 851. The normalized spacial score (nSPS) is 18.7. The molecule has 2 aliphatic rings. The van der Waals surface area contributed by atoms with Gasteiger partial charge in [0.1, 0.15) is 18.5 Å². The van der Waals surface area contributed by atoms with Crippen molar-refractivity contribution >= 4 is 0 Å². The average molecular weight is 427 g/mol. The van der Waals surface area contributed by atoms with Crippen LogP contribution in [0.1, 0.15) is 37.3 Å². The van der Waals surface area contributed by atoms with Crippen molar-refractivity contribution in [2.75, 3.05) is 46.1 Å². The topological polar surface area (TPSA) is 54.4 Å². The van der Waals surface area contributed by atoms with Crippen molar-refractivity contribution in [1.29, 1.82) is 0 Å². The standard InChI is InChI=1S/C25H34N2O4/c1-3-19(2)22-6-4-5-7-23(22)29-17-21(28)16-27-12-10-26(11-13-27)15-20-8-9-24-25(14-20)31-18-30-24/h4-9,14,19,21,28H,3,10-13,15-18H2,1-2H3/t19-,21+/m0/s1. The van der Waals surface area contributed by atoms with E-state index in [9.17, 15) is 5.11 Å². The number of rotatable bonds is 9. The number of β-amino-alcohol motifs (C(OH)–C–C–N with tert-alkyl or cyclic N) is 1. The van der Waals surface area contributed by atoms with Gasteiger partial charge in [0.2, 0.25) is 6.79 Å². The molecule has 0 aromatic heterocycles. The second-order valence-electron chi connectivity index (χ2n) is 8.58. The van der Waals surface area contributed by atoms with Crippen molar-refractivity contribution in [3.63, 3.8) is 0 Å². The fraction of sp³-hybridized carbons (Fsp3) is 0.520. The first kappa shape index (κ1) is 21.9. The van der Waals surface area contributed by atoms with E-state index in [-0.39, 0.29) is 0 Å². The fourth-order valence-electron chi connectivity index (χ4n) is 4.20. The quantitative estimate of drug-likeness (QED) is 0.663. The highest BCUT2D eigenvalue weighted by Crippen LogP contribution is 2.33. The van der Waals surface area contributed by atoms with E-state index in [2.05, 4.69) is 41.8 Å². The van der Waals surface area contributed by atoms with Crippen molar-refractivity contribution in [3.05, 3.63) is 53.6 Å². The van der Waals surface area contributed by atoms with Gasteiger partial charge in [0.25, 0.3) is 0 Å². The van der Waals surface area contributed by atoms with Crippen LogP contribution in [0.4, 0.5) is 0 Å². The molecule has 0 radical (unpaired) electrons. The van der Waals surface area contributed by atoms with Crippen LogP contribution in [-0.2, 0) is 6.54 Å². The highest BCUT2D eigenvalue weighted by Gasteiger charge is 2.21. The van der Waals surface area contributed by atoms with Gasteiger partial charge in [-0.2, -0.15) is 0 Å². The molecule has 0 spiro atoms. The monoisotopic (exact) mass is 426 g/mol. The van der Waals surface area contributed by atoms with E-state index in [1.54, 1.807) is 0 Å². The zero-order valence-electron chi connectivity index (χ0n) is 18.6. The summed E-state index contributed by atoms with van der Waals surface area (Å²) in [7, 11) is 0. The van der Waals surface area contributed by atoms with Gasteiger partial charge in [-0.3, -0.25) is 9.80 Å². The van der Waals surface area contributed by atoms with Crippen LogP contribution in [0.3, 0.4) is 0 Å². The molecule has 1 N–H and O–H groups in total. The molecular formula is C25H34N2O4. The molecule has 0 unspecified atom stereocenters. The van der Waals surface area contributed by atoms with Crippen molar-refractivity contribution in [1.82, 2.24) is 9.80 Å². The van der Waals surface area contributed by atoms with Gasteiger partial charge in [-0.25, -0.2) is 0 Å². The third kappa shape index (κ3) is 5.70. The van der Waals surface area contributed by atoms with Gasteiger partial charge >= 0.3 is 0 Å². The van der Waals surface area contributed by atoms with E-state index in [4.69, 9.17) is 14.2 Å². The maximum absolute atomic E-state index is 10.5. The third-order valence-corrected chi connectivity index (χ3v) is 6.27. The molecule has 4 rings (SSSR count).